The Morgan fingerprint density at radius 1 is 1.23 bits per heavy atom. The second-order valence-electron chi connectivity index (χ2n) is 8.39. The van der Waals surface area contributed by atoms with Gasteiger partial charge in [-0.25, -0.2) is 19.9 Å². The molecule has 0 bridgehead atoms. The third-order valence-corrected chi connectivity index (χ3v) is 6.72. The van der Waals surface area contributed by atoms with Crippen molar-refractivity contribution in [2.24, 2.45) is 0 Å². The molecule has 6 rings (SSSR count). The van der Waals surface area contributed by atoms with Crippen molar-refractivity contribution in [3.63, 3.8) is 0 Å². The van der Waals surface area contributed by atoms with E-state index in [1.807, 2.05) is 16.7 Å². The third-order valence-electron chi connectivity index (χ3n) is 6.41. The van der Waals surface area contributed by atoms with Crippen LogP contribution in [0.25, 0.3) is 22.1 Å². The summed E-state index contributed by atoms with van der Waals surface area (Å²) in [4.78, 5) is 37.1. The maximum Gasteiger partial charge on any atom is 0.263 e. The number of rotatable bonds is 3. The number of aromatic amines is 1. The molecule has 3 aromatic heterocycles. The number of benzene rings is 1. The van der Waals surface area contributed by atoms with Crippen molar-refractivity contribution in [1.29, 1.82) is 0 Å². The van der Waals surface area contributed by atoms with Gasteiger partial charge in [-0.2, -0.15) is 0 Å². The van der Waals surface area contributed by atoms with Gasteiger partial charge in [0.2, 0.25) is 0 Å². The number of halogens is 1. The Bertz CT molecular complexity index is 1360. The molecule has 9 heteroatoms. The van der Waals surface area contributed by atoms with Crippen LogP contribution in [0.1, 0.15) is 44.5 Å². The summed E-state index contributed by atoms with van der Waals surface area (Å²) in [6.07, 6.45) is 6.98. The van der Waals surface area contributed by atoms with Gasteiger partial charge in [0, 0.05) is 12.1 Å². The van der Waals surface area contributed by atoms with Crippen LogP contribution in [0, 0.1) is 0 Å². The topological polar surface area (TPSA) is 92.6 Å². The van der Waals surface area contributed by atoms with Crippen molar-refractivity contribution >= 4 is 39.5 Å². The summed E-state index contributed by atoms with van der Waals surface area (Å²) in [5, 5.41) is 0.948. The first-order valence-electron chi connectivity index (χ1n) is 10.2. The van der Waals surface area contributed by atoms with Crippen LogP contribution < -0.4 is 10.5 Å². The molecule has 152 valence electrons. The molecule has 0 amide bonds. The van der Waals surface area contributed by atoms with Gasteiger partial charge >= 0.3 is 0 Å². The minimum atomic E-state index is -0.214. The van der Waals surface area contributed by atoms with Gasteiger partial charge in [-0.05, 0) is 44.7 Å². The standard InChI is InChI=1S/C21H20ClN7O/c1-21(7-8-21)29-18(27-13-5-2-4-12(22)15(13)20(29)30)14-6-3-9-28(14)19-16-17(24-10-23-16)25-11-26-19/h2,4-5,10-11,14H,3,6-9H2,1H3,(H,23,24,25,26). The number of H-pyrrole nitrogens is 1. The molecule has 2 aliphatic rings. The summed E-state index contributed by atoms with van der Waals surface area (Å²) in [5.41, 5.74) is 1.81. The van der Waals surface area contributed by atoms with Crippen molar-refractivity contribution < 1.29 is 0 Å². The first kappa shape index (κ1) is 17.8. The molecular formula is C21H20ClN7O. The van der Waals surface area contributed by atoms with Crippen LogP contribution >= 0.6 is 11.6 Å². The second kappa shape index (κ2) is 6.25. The Balaban J connectivity index is 1.59. The minimum absolute atomic E-state index is 0.0555. The molecular weight excluding hydrogens is 402 g/mol. The normalized spacial score (nSPS) is 20.3. The molecule has 1 saturated heterocycles. The molecule has 1 aliphatic heterocycles. The molecule has 1 N–H and O–H groups in total. The van der Waals surface area contributed by atoms with E-state index in [4.69, 9.17) is 16.6 Å². The lowest BCUT2D eigenvalue weighted by molar-refractivity contribution is 0.458. The zero-order chi connectivity index (χ0) is 20.5. The average molecular weight is 422 g/mol. The zero-order valence-corrected chi connectivity index (χ0v) is 17.2. The van der Waals surface area contributed by atoms with E-state index in [0.29, 0.717) is 21.6 Å². The predicted molar refractivity (Wildman–Crippen MR) is 115 cm³/mol. The fourth-order valence-electron chi connectivity index (χ4n) is 4.61. The zero-order valence-electron chi connectivity index (χ0n) is 16.5. The first-order chi connectivity index (χ1) is 14.6. The molecule has 1 atom stereocenters. The molecule has 0 radical (unpaired) electrons. The van der Waals surface area contributed by atoms with E-state index in [-0.39, 0.29) is 17.1 Å². The Morgan fingerprint density at radius 3 is 2.93 bits per heavy atom. The quantitative estimate of drug-likeness (QED) is 0.543. The predicted octanol–water partition coefficient (Wildman–Crippen LogP) is 3.57. The number of imidazole rings is 1. The lowest BCUT2D eigenvalue weighted by Crippen LogP contribution is -2.37. The minimum Gasteiger partial charge on any atom is -0.344 e. The van der Waals surface area contributed by atoms with E-state index in [0.717, 1.165) is 49.4 Å². The second-order valence-corrected chi connectivity index (χ2v) is 8.80. The summed E-state index contributed by atoms with van der Waals surface area (Å²) in [6, 6.07) is 5.40. The number of anilines is 1. The van der Waals surface area contributed by atoms with Crippen molar-refractivity contribution in [1.82, 2.24) is 29.5 Å². The molecule has 30 heavy (non-hydrogen) atoms. The van der Waals surface area contributed by atoms with E-state index in [1.54, 1.807) is 18.7 Å². The largest absolute Gasteiger partial charge is 0.344 e. The molecule has 2 fully saturated rings. The molecule has 1 aliphatic carbocycles. The van der Waals surface area contributed by atoms with E-state index in [2.05, 4.69) is 31.8 Å². The Hall–Kier alpha value is -3.00. The number of nitrogens with zero attached hydrogens (tertiary/aromatic N) is 6. The average Bonchev–Trinajstić information content (AvgIpc) is 3.14. The summed E-state index contributed by atoms with van der Waals surface area (Å²) in [6.45, 7) is 2.95. The lowest BCUT2D eigenvalue weighted by atomic mass is 10.1. The summed E-state index contributed by atoms with van der Waals surface area (Å²) >= 11 is 6.40. The van der Waals surface area contributed by atoms with Crippen LogP contribution in [0.4, 0.5) is 5.82 Å². The summed E-state index contributed by atoms with van der Waals surface area (Å²) < 4.78 is 1.90. The van der Waals surface area contributed by atoms with Crippen molar-refractivity contribution in [2.75, 3.05) is 11.4 Å². The van der Waals surface area contributed by atoms with Gasteiger partial charge in [-0.3, -0.25) is 9.36 Å². The lowest BCUT2D eigenvalue weighted by Gasteiger charge is -2.29. The highest BCUT2D eigenvalue weighted by atomic mass is 35.5. The highest BCUT2D eigenvalue weighted by Crippen LogP contribution is 2.46. The fraction of sp³-hybridized carbons (Fsp3) is 0.381. The number of nitrogens with one attached hydrogen (secondary N) is 1. The van der Waals surface area contributed by atoms with Gasteiger partial charge in [0.1, 0.15) is 17.7 Å². The monoisotopic (exact) mass is 421 g/mol. The molecule has 8 nitrogen and oxygen atoms in total. The summed E-state index contributed by atoms with van der Waals surface area (Å²) in [5.74, 6) is 1.56. The van der Waals surface area contributed by atoms with Gasteiger partial charge in [0.15, 0.2) is 11.5 Å². The molecule has 0 spiro atoms. The fourth-order valence-corrected chi connectivity index (χ4v) is 4.86. The molecule has 1 saturated carbocycles. The van der Waals surface area contributed by atoms with Crippen LogP contribution in [0.2, 0.25) is 5.02 Å². The van der Waals surface area contributed by atoms with Gasteiger partial charge < -0.3 is 9.88 Å². The van der Waals surface area contributed by atoms with Crippen molar-refractivity contribution in [3.8, 4) is 0 Å². The maximum absolute atomic E-state index is 13.6. The van der Waals surface area contributed by atoms with E-state index >= 15 is 0 Å². The maximum atomic E-state index is 13.6. The number of hydrogen-bond donors (Lipinski definition) is 1. The Morgan fingerprint density at radius 2 is 2.10 bits per heavy atom. The molecule has 1 aromatic carbocycles. The van der Waals surface area contributed by atoms with Crippen LogP contribution in [0.3, 0.4) is 0 Å². The van der Waals surface area contributed by atoms with Crippen LogP contribution in [0.15, 0.2) is 35.6 Å². The van der Waals surface area contributed by atoms with Gasteiger partial charge in [-0.1, -0.05) is 17.7 Å². The third kappa shape index (κ3) is 2.49. The van der Waals surface area contributed by atoms with E-state index in [9.17, 15) is 4.79 Å². The van der Waals surface area contributed by atoms with Gasteiger partial charge in [0.25, 0.3) is 5.56 Å². The summed E-state index contributed by atoms with van der Waals surface area (Å²) in [7, 11) is 0. The van der Waals surface area contributed by atoms with Gasteiger partial charge in [-0.15, -0.1) is 0 Å². The number of hydrogen-bond acceptors (Lipinski definition) is 6. The molecule has 1 unspecified atom stereocenters. The Kier molecular flexibility index (Phi) is 3.71. The number of aromatic nitrogens is 6. The van der Waals surface area contributed by atoms with Crippen LogP contribution in [-0.2, 0) is 5.54 Å². The molecule has 4 aromatic rings. The smallest absolute Gasteiger partial charge is 0.263 e. The van der Waals surface area contributed by atoms with E-state index in [1.165, 1.54) is 0 Å². The van der Waals surface area contributed by atoms with Gasteiger partial charge in [0.05, 0.1) is 28.3 Å². The number of fused-ring (bicyclic) bond motifs is 2. The van der Waals surface area contributed by atoms with E-state index < -0.39 is 0 Å². The Labute approximate surface area is 177 Å². The SMILES string of the molecule is CC1(n2c(C3CCCN3c3ncnc4[nH]cnc34)nc3cccc(Cl)c3c2=O)CC1. The highest BCUT2D eigenvalue weighted by molar-refractivity contribution is 6.35. The van der Waals surface area contributed by atoms with Crippen LogP contribution in [0.5, 0.6) is 0 Å². The van der Waals surface area contributed by atoms with Crippen LogP contribution in [-0.4, -0.2) is 36.0 Å². The highest BCUT2D eigenvalue weighted by Gasteiger charge is 2.45. The molecule has 4 heterocycles. The first-order valence-corrected chi connectivity index (χ1v) is 10.6. The van der Waals surface area contributed by atoms with Crippen molar-refractivity contribution in [3.05, 3.63) is 52.1 Å². The van der Waals surface area contributed by atoms with Crippen molar-refractivity contribution in [2.45, 2.75) is 44.2 Å².